The number of hydrogen-bond acceptors (Lipinski definition) is 4. The number of rotatable bonds is 5. The number of nitrogens with zero attached hydrogens (tertiary/aromatic N) is 1. The average Bonchev–Trinajstić information content (AvgIpc) is 2.97. The zero-order valence-corrected chi connectivity index (χ0v) is 16.9. The molecule has 2 heterocycles. The molecule has 2 unspecified atom stereocenters. The molecule has 2 saturated heterocycles. The monoisotopic (exact) mass is 425 g/mol. The van der Waals surface area contributed by atoms with Crippen LogP contribution in [0.25, 0.3) is 0 Å². The van der Waals surface area contributed by atoms with E-state index in [1.807, 2.05) is 19.1 Å². The number of alkyl halides is 2. The number of aryl methyl sites for hydroxylation is 1. The van der Waals surface area contributed by atoms with Gasteiger partial charge in [-0.3, -0.25) is 15.0 Å². The highest BCUT2D eigenvalue weighted by molar-refractivity contribution is 5.85. The third kappa shape index (κ3) is 6.54. The van der Waals surface area contributed by atoms with Crippen molar-refractivity contribution in [1.29, 1.82) is 0 Å². The number of carbonyl (C=O) groups excluding carboxylic acids is 1. The molecule has 1 aromatic carbocycles. The van der Waals surface area contributed by atoms with E-state index in [0.29, 0.717) is 19.8 Å². The first-order valence-corrected chi connectivity index (χ1v) is 8.72. The van der Waals surface area contributed by atoms with Gasteiger partial charge in [0.25, 0.3) is 5.92 Å². The van der Waals surface area contributed by atoms with Gasteiger partial charge in [-0.2, -0.15) is 0 Å². The summed E-state index contributed by atoms with van der Waals surface area (Å²) >= 11 is 0. The standard InChI is InChI=1S/C18H25F2N3O2.2ClH/c1-13-2-4-14(5-3-13)16(23-6-8-25-9-7-23)11-21-17(24)15-10-18(19,20)12-22-15;;/h2-5,15-16,22H,6-12H2,1H3,(H,21,24);2*1H. The highest BCUT2D eigenvalue weighted by Crippen LogP contribution is 2.26. The molecule has 2 aliphatic heterocycles. The second-order valence-corrected chi connectivity index (χ2v) is 6.81. The van der Waals surface area contributed by atoms with Crippen LogP contribution in [0.3, 0.4) is 0 Å². The topological polar surface area (TPSA) is 53.6 Å². The summed E-state index contributed by atoms with van der Waals surface area (Å²) in [6, 6.07) is 7.40. The Bertz CT molecular complexity index is 599. The van der Waals surface area contributed by atoms with Crippen molar-refractivity contribution in [3.63, 3.8) is 0 Å². The molecule has 2 atom stereocenters. The van der Waals surface area contributed by atoms with Crippen molar-refractivity contribution in [2.75, 3.05) is 39.4 Å². The highest BCUT2D eigenvalue weighted by Gasteiger charge is 2.42. The molecule has 1 aromatic rings. The van der Waals surface area contributed by atoms with Gasteiger partial charge in [-0.15, -0.1) is 24.8 Å². The minimum Gasteiger partial charge on any atom is -0.379 e. The van der Waals surface area contributed by atoms with Gasteiger partial charge >= 0.3 is 0 Å². The van der Waals surface area contributed by atoms with Crippen LogP contribution in [-0.2, 0) is 9.53 Å². The Morgan fingerprint density at radius 2 is 1.93 bits per heavy atom. The van der Waals surface area contributed by atoms with Crippen LogP contribution in [0.5, 0.6) is 0 Å². The Hall–Kier alpha value is -0.990. The molecular weight excluding hydrogens is 399 g/mol. The van der Waals surface area contributed by atoms with Crippen LogP contribution in [0.4, 0.5) is 8.78 Å². The summed E-state index contributed by atoms with van der Waals surface area (Å²) in [5.74, 6) is -3.16. The van der Waals surface area contributed by atoms with E-state index in [1.165, 1.54) is 5.56 Å². The Morgan fingerprint density at radius 3 is 2.48 bits per heavy atom. The second-order valence-electron chi connectivity index (χ2n) is 6.81. The van der Waals surface area contributed by atoms with E-state index in [0.717, 1.165) is 18.7 Å². The summed E-state index contributed by atoms with van der Waals surface area (Å²) in [4.78, 5) is 14.5. The van der Waals surface area contributed by atoms with Crippen LogP contribution in [0.15, 0.2) is 24.3 Å². The maximum atomic E-state index is 13.3. The van der Waals surface area contributed by atoms with Crippen molar-refractivity contribution in [2.24, 2.45) is 0 Å². The lowest BCUT2D eigenvalue weighted by atomic mass is 10.0. The minimum absolute atomic E-state index is 0. The van der Waals surface area contributed by atoms with E-state index in [-0.39, 0.29) is 36.8 Å². The van der Waals surface area contributed by atoms with E-state index >= 15 is 0 Å². The maximum absolute atomic E-state index is 13.3. The number of nitrogens with one attached hydrogen (secondary N) is 2. The molecule has 0 bridgehead atoms. The molecule has 2 N–H and O–H groups in total. The quantitative estimate of drug-likeness (QED) is 0.759. The predicted molar refractivity (Wildman–Crippen MR) is 105 cm³/mol. The fourth-order valence-electron chi connectivity index (χ4n) is 3.36. The van der Waals surface area contributed by atoms with Gasteiger partial charge in [-0.1, -0.05) is 29.8 Å². The normalized spacial score (nSPS) is 23.0. The number of carbonyl (C=O) groups is 1. The zero-order valence-electron chi connectivity index (χ0n) is 15.2. The Kier molecular flexibility index (Phi) is 9.38. The molecule has 9 heteroatoms. The molecule has 154 valence electrons. The van der Waals surface area contributed by atoms with E-state index in [2.05, 4.69) is 27.7 Å². The van der Waals surface area contributed by atoms with Crippen molar-refractivity contribution in [1.82, 2.24) is 15.5 Å². The molecular formula is C18H27Cl2F2N3O2. The first-order chi connectivity index (χ1) is 11.9. The fourth-order valence-corrected chi connectivity index (χ4v) is 3.36. The van der Waals surface area contributed by atoms with Gasteiger partial charge in [-0.25, -0.2) is 8.78 Å². The largest absolute Gasteiger partial charge is 0.379 e. The lowest BCUT2D eigenvalue weighted by Crippen LogP contribution is -2.47. The van der Waals surface area contributed by atoms with Gasteiger partial charge in [0.2, 0.25) is 5.91 Å². The van der Waals surface area contributed by atoms with Crippen LogP contribution in [0.2, 0.25) is 0 Å². The van der Waals surface area contributed by atoms with E-state index in [1.54, 1.807) is 0 Å². The van der Waals surface area contributed by atoms with Gasteiger partial charge < -0.3 is 10.1 Å². The van der Waals surface area contributed by atoms with Crippen molar-refractivity contribution in [2.45, 2.75) is 31.4 Å². The van der Waals surface area contributed by atoms with Gasteiger partial charge in [0, 0.05) is 26.1 Å². The summed E-state index contributed by atoms with van der Waals surface area (Å²) in [5, 5.41) is 5.46. The fraction of sp³-hybridized carbons (Fsp3) is 0.611. The number of amides is 1. The molecule has 0 aromatic heterocycles. The van der Waals surface area contributed by atoms with Gasteiger partial charge in [-0.05, 0) is 12.5 Å². The highest BCUT2D eigenvalue weighted by atomic mass is 35.5. The Balaban J connectivity index is 0.00000182. The van der Waals surface area contributed by atoms with Crippen molar-refractivity contribution >= 4 is 30.7 Å². The average molecular weight is 426 g/mol. The third-order valence-electron chi connectivity index (χ3n) is 4.84. The molecule has 0 radical (unpaired) electrons. The number of ether oxygens (including phenoxy) is 1. The second kappa shape index (κ2) is 10.5. The summed E-state index contributed by atoms with van der Waals surface area (Å²) in [6.45, 7) is 4.88. The van der Waals surface area contributed by atoms with Crippen LogP contribution < -0.4 is 10.6 Å². The molecule has 0 spiro atoms. The summed E-state index contributed by atoms with van der Waals surface area (Å²) in [7, 11) is 0. The first-order valence-electron chi connectivity index (χ1n) is 8.72. The Labute approximate surface area is 171 Å². The molecule has 0 saturated carbocycles. The van der Waals surface area contributed by atoms with Crippen molar-refractivity contribution < 1.29 is 18.3 Å². The first kappa shape index (κ1) is 24.0. The van der Waals surface area contributed by atoms with Crippen LogP contribution in [0, 0.1) is 6.92 Å². The minimum atomic E-state index is -2.80. The number of morpholine rings is 1. The Morgan fingerprint density at radius 1 is 1.30 bits per heavy atom. The molecule has 2 fully saturated rings. The third-order valence-corrected chi connectivity index (χ3v) is 4.84. The molecule has 27 heavy (non-hydrogen) atoms. The van der Waals surface area contributed by atoms with Crippen molar-refractivity contribution in [3.05, 3.63) is 35.4 Å². The maximum Gasteiger partial charge on any atom is 0.262 e. The molecule has 5 nitrogen and oxygen atoms in total. The van der Waals surface area contributed by atoms with Gasteiger partial charge in [0.05, 0.1) is 31.8 Å². The lowest BCUT2D eigenvalue weighted by Gasteiger charge is -2.35. The number of benzene rings is 1. The lowest BCUT2D eigenvalue weighted by molar-refractivity contribution is -0.123. The van der Waals surface area contributed by atoms with Gasteiger partial charge in [0.15, 0.2) is 0 Å². The smallest absolute Gasteiger partial charge is 0.262 e. The SMILES string of the molecule is Cc1ccc(C(CNC(=O)C2CC(F)(F)CN2)N2CCOCC2)cc1.Cl.Cl. The van der Waals surface area contributed by atoms with E-state index < -0.39 is 24.9 Å². The summed E-state index contributed by atoms with van der Waals surface area (Å²) in [6.07, 6.45) is -0.439. The zero-order chi connectivity index (χ0) is 17.9. The molecule has 3 rings (SSSR count). The van der Waals surface area contributed by atoms with Gasteiger partial charge in [0.1, 0.15) is 0 Å². The van der Waals surface area contributed by atoms with Crippen LogP contribution in [-0.4, -0.2) is 62.2 Å². The van der Waals surface area contributed by atoms with Crippen molar-refractivity contribution in [3.8, 4) is 0 Å². The van der Waals surface area contributed by atoms with Crippen LogP contribution >= 0.6 is 24.8 Å². The molecule has 1 amide bonds. The predicted octanol–water partition coefficient (Wildman–Crippen LogP) is 2.33. The number of halogens is 4. The number of hydrogen-bond donors (Lipinski definition) is 2. The van der Waals surface area contributed by atoms with E-state index in [9.17, 15) is 13.6 Å². The van der Waals surface area contributed by atoms with E-state index in [4.69, 9.17) is 4.74 Å². The molecule has 2 aliphatic rings. The molecule has 0 aliphatic carbocycles. The summed E-state index contributed by atoms with van der Waals surface area (Å²) < 4.78 is 32.0. The van der Waals surface area contributed by atoms with Crippen LogP contribution in [0.1, 0.15) is 23.6 Å². The summed E-state index contributed by atoms with van der Waals surface area (Å²) in [5.41, 5.74) is 2.28.